The number of benzene rings is 2. The molecular formula is C30H38N2O6S2. The average Bonchev–Trinajstić information content (AvgIpc) is 3.52. The molecule has 0 spiro atoms. The van der Waals surface area contributed by atoms with Gasteiger partial charge >= 0.3 is 12.2 Å². The molecule has 2 aliphatic rings. The lowest BCUT2D eigenvalue weighted by Gasteiger charge is -2.23. The van der Waals surface area contributed by atoms with E-state index in [1.807, 2.05) is 88.4 Å². The third-order valence-corrected chi connectivity index (χ3v) is 7.95. The lowest BCUT2D eigenvalue weighted by atomic mass is 10.0. The van der Waals surface area contributed by atoms with Crippen molar-refractivity contribution in [3.8, 4) is 0 Å². The van der Waals surface area contributed by atoms with Crippen LogP contribution in [0.5, 0.6) is 0 Å². The van der Waals surface area contributed by atoms with Crippen LogP contribution in [0.3, 0.4) is 0 Å². The second-order valence-electron chi connectivity index (χ2n) is 10.6. The summed E-state index contributed by atoms with van der Waals surface area (Å²) in [6.07, 6.45) is -0.707. The molecule has 0 unspecified atom stereocenters. The van der Waals surface area contributed by atoms with E-state index >= 15 is 0 Å². The van der Waals surface area contributed by atoms with Crippen molar-refractivity contribution >= 4 is 49.3 Å². The first-order valence-electron chi connectivity index (χ1n) is 13.4. The molecule has 4 amide bonds. The molecule has 10 heteroatoms. The molecule has 2 aromatic carbocycles. The first-order chi connectivity index (χ1) is 19.0. The Morgan fingerprint density at radius 2 is 1.02 bits per heavy atom. The Bertz CT molecular complexity index is 1070. The molecule has 2 aromatic rings. The summed E-state index contributed by atoms with van der Waals surface area (Å²) in [6.45, 7) is 8.46. The van der Waals surface area contributed by atoms with Crippen LogP contribution in [0.1, 0.15) is 62.2 Å². The highest BCUT2D eigenvalue weighted by atomic mass is 32.1. The first-order valence-corrected chi connectivity index (χ1v) is 14.5. The minimum absolute atomic E-state index is 0.175. The number of cyclic esters (lactones) is 2. The van der Waals surface area contributed by atoms with Gasteiger partial charge in [0.1, 0.15) is 13.2 Å². The van der Waals surface area contributed by atoms with Gasteiger partial charge in [0.05, 0.1) is 12.1 Å². The highest BCUT2D eigenvalue weighted by molar-refractivity contribution is 7.80. The highest BCUT2D eigenvalue weighted by Gasteiger charge is 2.40. The number of rotatable bonds is 8. The van der Waals surface area contributed by atoms with Gasteiger partial charge in [-0.25, -0.2) is 19.4 Å². The van der Waals surface area contributed by atoms with Gasteiger partial charge in [-0.15, -0.1) is 0 Å². The maximum absolute atomic E-state index is 12.3. The summed E-state index contributed by atoms with van der Waals surface area (Å²) in [5.74, 6) is -0.0916. The molecule has 0 aliphatic carbocycles. The van der Waals surface area contributed by atoms with E-state index in [0.29, 0.717) is 0 Å². The van der Waals surface area contributed by atoms with Gasteiger partial charge in [-0.05, 0) is 23.0 Å². The fourth-order valence-corrected chi connectivity index (χ4v) is 5.20. The number of carbonyl (C=O) groups is 4. The van der Waals surface area contributed by atoms with E-state index in [9.17, 15) is 19.2 Å². The predicted octanol–water partition coefficient (Wildman–Crippen LogP) is 6.10. The zero-order chi connectivity index (χ0) is 29.4. The standard InChI is InChI=1S/2C15H19NO3S/c2*1-10(2)12-9-19-15(18)16(12)14(17)8-13(20)11-6-4-3-5-7-11/h2*3-7,10,12-13,20H,8-9H2,1-2H3/t2*12-,13+/m11/s1. The second kappa shape index (κ2) is 14.6. The van der Waals surface area contributed by atoms with Crippen LogP contribution in [0.4, 0.5) is 9.59 Å². The van der Waals surface area contributed by atoms with Crippen molar-refractivity contribution in [1.29, 1.82) is 0 Å². The van der Waals surface area contributed by atoms with Gasteiger partial charge in [0.15, 0.2) is 0 Å². The molecule has 0 saturated carbocycles. The normalized spacial score (nSPS) is 20.1. The summed E-state index contributed by atoms with van der Waals surface area (Å²) in [5.41, 5.74) is 1.94. The number of hydrogen-bond acceptors (Lipinski definition) is 8. The lowest BCUT2D eigenvalue weighted by molar-refractivity contribution is -0.130. The Morgan fingerprint density at radius 1 is 0.700 bits per heavy atom. The molecular weight excluding hydrogens is 548 g/mol. The monoisotopic (exact) mass is 586 g/mol. The summed E-state index contributed by atoms with van der Waals surface area (Å²) in [7, 11) is 0. The van der Waals surface area contributed by atoms with E-state index in [4.69, 9.17) is 9.47 Å². The molecule has 8 nitrogen and oxygen atoms in total. The third-order valence-electron chi connectivity index (χ3n) is 6.99. The Labute approximate surface area is 247 Å². The van der Waals surface area contributed by atoms with Crippen molar-refractivity contribution in [2.75, 3.05) is 13.2 Å². The van der Waals surface area contributed by atoms with Gasteiger partial charge in [0.2, 0.25) is 11.8 Å². The van der Waals surface area contributed by atoms with E-state index < -0.39 is 12.2 Å². The van der Waals surface area contributed by atoms with Gasteiger partial charge in [-0.1, -0.05) is 88.4 Å². The summed E-state index contributed by atoms with van der Waals surface area (Å²) in [5, 5.41) is -0.435. The van der Waals surface area contributed by atoms with Crippen LogP contribution < -0.4 is 0 Å². The number of hydrogen-bond donors (Lipinski definition) is 2. The number of nitrogens with zero attached hydrogens (tertiary/aromatic N) is 2. The van der Waals surface area contributed by atoms with Crippen molar-refractivity contribution in [2.24, 2.45) is 11.8 Å². The smallest absolute Gasteiger partial charge is 0.416 e. The quantitative estimate of drug-likeness (QED) is 0.363. The van der Waals surface area contributed by atoms with Crippen molar-refractivity contribution in [3.63, 3.8) is 0 Å². The topological polar surface area (TPSA) is 93.2 Å². The Balaban J connectivity index is 0.000000220. The van der Waals surface area contributed by atoms with Gasteiger partial charge < -0.3 is 9.47 Å². The number of imide groups is 2. The fourth-order valence-electron chi connectivity index (χ4n) is 4.54. The van der Waals surface area contributed by atoms with Crippen LogP contribution in [0.25, 0.3) is 0 Å². The molecule has 2 aliphatic heterocycles. The Kier molecular flexibility index (Phi) is 11.5. The van der Waals surface area contributed by atoms with E-state index in [0.717, 1.165) is 11.1 Å². The van der Waals surface area contributed by atoms with E-state index in [2.05, 4.69) is 25.3 Å². The molecule has 2 saturated heterocycles. The molecule has 0 radical (unpaired) electrons. The number of thiol groups is 2. The van der Waals surface area contributed by atoms with Crippen molar-refractivity contribution in [2.45, 2.75) is 63.1 Å². The third kappa shape index (κ3) is 8.04. The average molecular weight is 587 g/mol. The van der Waals surface area contributed by atoms with E-state index in [1.54, 1.807) is 0 Å². The minimum Gasteiger partial charge on any atom is -0.447 e. The number of carbonyl (C=O) groups excluding carboxylic acids is 4. The zero-order valence-electron chi connectivity index (χ0n) is 23.3. The first kappa shape index (κ1) is 31.5. The minimum atomic E-state index is -0.540. The van der Waals surface area contributed by atoms with Crippen LogP contribution in [-0.2, 0) is 19.1 Å². The van der Waals surface area contributed by atoms with Crippen LogP contribution >= 0.6 is 25.3 Å². The second-order valence-corrected chi connectivity index (χ2v) is 11.8. The van der Waals surface area contributed by atoms with Crippen LogP contribution in [-0.4, -0.2) is 59.1 Å². The van der Waals surface area contributed by atoms with Crippen molar-refractivity contribution in [1.82, 2.24) is 9.80 Å². The molecule has 2 heterocycles. The van der Waals surface area contributed by atoms with Gasteiger partial charge in [-0.3, -0.25) is 9.59 Å². The van der Waals surface area contributed by atoms with Gasteiger partial charge in [-0.2, -0.15) is 25.3 Å². The molecule has 0 N–H and O–H groups in total. The van der Waals surface area contributed by atoms with Gasteiger partial charge in [0, 0.05) is 23.3 Å². The van der Waals surface area contributed by atoms with Crippen LogP contribution in [0, 0.1) is 11.8 Å². The molecule has 0 aromatic heterocycles. The predicted molar refractivity (Wildman–Crippen MR) is 159 cm³/mol. The van der Waals surface area contributed by atoms with Gasteiger partial charge in [0.25, 0.3) is 0 Å². The zero-order valence-corrected chi connectivity index (χ0v) is 25.1. The summed E-state index contributed by atoms with van der Waals surface area (Å²) in [6, 6.07) is 18.8. The SMILES string of the molecule is CC(C)[C@H]1COC(=O)N1C(=O)C[C@H](S)c1ccccc1.CC(C)[C@H]1COC(=O)N1C(=O)C[C@H](S)c1ccccc1. The molecule has 0 bridgehead atoms. The van der Waals surface area contributed by atoms with E-state index in [1.165, 1.54) is 9.80 Å². The molecule has 216 valence electrons. The largest absolute Gasteiger partial charge is 0.447 e. The molecule has 4 rings (SSSR count). The van der Waals surface area contributed by atoms with Crippen molar-refractivity contribution < 1.29 is 28.7 Å². The Hall–Kier alpha value is -2.98. The summed E-state index contributed by atoms with van der Waals surface area (Å²) < 4.78 is 9.98. The van der Waals surface area contributed by atoms with Crippen LogP contribution in [0.15, 0.2) is 60.7 Å². The highest BCUT2D eigenvalue weighted by Crippen LogP contribution is 2.29. The fraction of sp³-hybridized carbons (Fsp3) is 0.467. The summed E-state index contributed by atoms with van der Waals surface area (Å²) in [4.78, 5) is 50.6. The van der Waals surface area contributed by atoms with Crippen molar-refractivity contribution in [3.05, 3.63) is 71.8 Å². The van der Waals surface area contributed by atoms with Crippen LogP contribution in [0.2, 0.25) is 0 Å². The molecule has 40 heavy (non-hydrogen) atoms. The lowest BCUT2D eigenvalue weighted by Crippen LogP contribution is -2.42. The number of ether oxygens (including phenoxy) is 2. The number of amides is 4. The maximum Gasteiger partial charge on any atom is 0.416 e. The maximum atomic E-state index is 12.3. The molecule has 2 fully saturated rings. The Morgan fingerprint density at radius 3 is 1.32 bits per heavy atom. The van der Waals surface area contributed by atoms with E-state index in [-0.39, 0.29) is 72.3 Å². The summed E-state index contributed by atoms with van der Waals surface area (Å²) >= 11 is 8.93. The molecule has 4 atom stereocenters.